The summed E-state index contributed by atoms with van der Waals surface area (Å²) in [6.07, 6.45) is 3.42. The summed E-state index contributed by atoms with van der Waals surface area (Å²) in [4.78, 5) is -0.0312. The van der Waals surface area contributed by atoms with Crippen LogP contribution in [0.5, 0.6) is 0 Å². The van der Waals surface area contributed by atoms with Gasteiger partial charge in [-0.1, -0.05) is 34.1 Å². The molecule has 0 amide bonds. The fourth-order valence-corrected chi connectivity index (χ4v) is 1.50. The third-order valence-electron chi connectivity index (χ3n) is 3.01. The highest BCUT2D eigenvalue weighted by molar-refractivity contribution is 6.24. The smallest absolute Gasteiger partial charge is 0.0469 e. The number of alkyl halides is 1. The summed E-state index contributed by atoms with van der Waals surface area (Å²) in [6.45, 7) is 11.0. The lowest BCUT2D eigenvalue weighted by Gasteiger charge is -2.38. The molecule has 0 aliphatic heterocycles. The fourth-order valence-electron chi connectivity index (χ4n) is 1.18. The van der Waals surface area contributed by atoms with Crippen molar-refractivity contribution in [3.8, 4) is 0 Å². The van der Waals surface area contributed by atoms with E-state index in [1.54, 1.807) is 0 Å². The molecule has 0 fully saturated rings. The van der Waals surface area contributed by atoms with Gasteiger partial charge in [0.25, 0.3) is 0 Å². The first-order valence-electron chi connectivity index (χ1n) is 4.56. The molecule has 0 saturated heterocycles. The van der Waals surface area contributed by atoms with Gasteiger partial charge in [0.2, 0.25) is 0 Å². The maximum absolute atomic E-state index is 6.43. The molecule has 0 aliphatic rings. The highest BCUT2D eigenvalue weighted by Gasteiger charge is 2.36. The summed E-state index contributed by atoms with van der Waals surface area (Å²) in [7, 11) is 0. The molecule has 68 valence electrons. The van der Waals surface area contributed by atoms with E-state index in [1.165, 1.54) is 6.42 Å². The van der Waals surface area contributed by atoms with E-state index in [4.69, 9.17) is 11.6 Å². The lowest BCUT2D eigenvalue weighted by Crippen LogP contribution is -2.35. The van der Waals surface area contributed by atoms with Crippen LogP contribution < -0.4 is 0 Å². The Morgan fingerprint density at radius 2 is 1.55 bits per heavy atom. The predicted molar refractivity (Wildman–Crippen MR) is 53.2 cm³/mol. The van der Waals surface area contributed by atoms with Gasteiger partial charge in [-0.05, 0) is 25.2 Å². The quantitative estimate of drug-likeness (QED) is 0.563. The molecular weight excluding hydrogens is 156 g/mol. The lowest BCUT2D eigenvalue weighted by atomic mass is 9.75. The molecule has 0 aliphatic carbocycles. The second kappa shape index (κ2) is 3.80. The van der Waals surface area contributed by atoms with Crippen LogP contribution in [-0.4, -0.2) is 4.87 Å². The molecule has 0 radical (unpaired) electrons. The second-order valence-electron chi connectivity index (χ2n) is 4.18. The van der Waals surface area contributed by atoms with E-state index >= 15 is 0 Å². The van der Waals surface area contributed by atoms with Crippen molar-refractivity contribution >= 4 is 11.6 Å². The monoisotopic (exact) mass is 176 g/mol. The van der Waals surface area contributed by atoms with Gasteiger partial charge in [0.15, 0.2) is 0 Å². The van der Waals surface area contributed by atoms with Gasteiger partial charge in [0.1, 0.15) is 0 Å². The summed E-state index contributed by atoms with van der Waals surface area (Å²) in [6, 6.07) is 0. The van der Waals surface area contributed by atoms with Crippen molar-refractivity contribution in [3.63, 3.8) is 0 Å². The van der Waals surface area contributed by atoms with Crippen LogP contribution in [0.25, 0.3) is 0 Å². The molecule has 1 atom stereocenters. The molecule has 0 aromatic heterocycles. The Hall–Kier alpha value is 0.290. The van der Waals surface area contributed by atoms with Crippen LogP contribution in [0.3, 0.4) is 0 Å². The largest absolute Gasteiger partial charge is 0.119 e. The standard InChI is InChI=1S/C10H21Cl/c1-6-8-10(5,11)9(3,4)7-2/h6-8H2,1-5H3. The molecule has 0 rings (SSSR count). The van der Waals surface area contributed by atoms with Gasteiger partial charge in [0, 0.05) is 4.87 Å². The average molecular weight is 177 g/mol. The Bertz CT molecular complexity index is 114. The van der Waals surface area contributed by atoms with Crippen molar-refractivity contribution in [1.82, 2.24) is 0 Å². The van der Waals surface area contributed by atoms with Crippen molar-refractivity contribution in [2.45, 2.75) is 58.8 Å². The molecule has 0 heterocycles. The molecular formula is C10H21Cl. The van der Waals surface area contributed by atoms with Crippen molar-refractivity contribution in [2.75, 3.05) is 0 Å². The normalized spacial score (nSPS) is 18.0. The summed E-state index contributed by atoms with van der Waals surface area (Å²) >= 11 is 6.43. The number of hydrogen-bond acceptors (Lipinski definition) is 0. The first-order chi connectivity index (χ1) is 4.87. The maximum atomic E-state index is 6.43. The van der Waals surface area contributed by atoms with E-state index in [0.29, 0.717) is 0 Å². The third-order valence-corrected chi connectivity index (χ3v) is 3.72. The van der Waals surface area contributed by atoms with Crippen LogP contribution in [0.2, 0.25) is 0 Å². The van der Waals surface area contributed by atoms with E-state index < -0.39 is 0 Å². The van der Waals surface area contributed by atoms with Gasteiger partial charge in [-0.25, -0.2) is 0 Å². The van der Waals surface area contributed by atoms with E-state index in [-0.39, 0.29) is 10.3 Å². The maximum Gasteiger partial charge on any atom is 0.0469 e. The zero-order valence-electron chi connectivity index (χ0n) is 8.50. The molecule has 0 spiro atoms. The number of halogens is 1. The van der Waals surface area contributed by atoms with Crippen molar-refractivity contribution in [1.29, 1.82) is 0 Å². The average Bonchev–Trinajstić information content (AvgIpc) is 1.87. The minimum absolute atomic E-state index is 0.0312. The van der Waals surface area contributed by atoms with Crippen LogP contribution in [0.1, 0.15) is 53.9 Å². The highest BCUT2D eigenvalue weighted by atomic mass is 35.5. The Balaban J connectivity index is 4.26. The van der Waals surface area contributed by atoms with Crippen LogP contribution in [-0.2, 0) is 0 Å². The van der Waals surface area contributed by atoms with Crippen molar-refractivity contribution in [3.05, 3.63) is 0 Å². The highest BCUT2D eigenvalue weighted by Crippen LogP contribution is 2.42. The van der Waals surface area contributed by atoms with E-state index in [0.717, 1.165) is 12.8 Å². The Kier molecular flexibility index (Phi) is 3.90. The third kappa shape index (κ3) is 2.66. The van der Waals surface area contributed by atoms with Gasteiger partial charge in [-0.2, -0.15) is 0 Å². The van der Waals surface area contributed by atoms with Gasteiger partial charge < -0.3 is 0 Å². The Morgan fingerprint density at radius 1 is 1.09 bits per heavy atom. The predicted octanol–water partition coefficient (Wildman–Crippen LogP) is 4.22. The Morgan fingerprint density at radius 3 is 1.82 bits per heavy atom. The van der Waals surface area contributed by atoms with Crippen molar-refractivity contribution in [2.24, 2.45) is 5.41 Å². The number of rotatable bonds is 4. The summed E-state index contributed by atoms with van der Waals surface area (Å²) in [5, 5.41) is 0. The SMILES string of the molecule is CCCC(C)(Cl)C(C)(C)CC. The van der Waals surface area contributed by atoms with E-state index in [1.807, 2.05) is 0 Å². The van der Waals surface area contributed by atoms with Crippen LogP contribution in [0.15, 0.2) is 0 Å². The first kappa shape index (κ1) is 11.3. The molecule has 1 unspecified atom stereocenters. The molecule has 0 saturated carbocycles. The molecule has 0 nitrogen and oxygen atoms in total. The van der Waals surface area contributed by atoms with Crippen LogP contribution in [0, 0.1) is 5.41 Å². The Labute approximate surface area is 76.3 Å². The summed E-state index contributed by atoms with van der Waals surface area (Å²) in [5.74, 6) is 0. The minimum Gasteiger partial charge on any atom is -0.119 e. The minimum atomic E-state index is -0.0312. The van der Waals surface area contributed by atoms with Crippen LogP contribution >= 0.6 is 11.6 Å². The van der Waals surface area contributed by atoms with Gasteiger partial charge in [0.05, 0.1) is 0 Å². The van der Waals surface area contributed by atoms with Gasteiger partial charge in [-0.15, -0.1) is 11.6 Å². The molecule has 0 bridgehead atoms. The zero-order valence-corrected chi connectivity index (χ0v) is 9.26. The zero-order chi connectivity index (χ0) is 9.12. The molecule has 1 heteroatoms. The summed E-state index contributed by atoms with van der Waals surface area (Å²) < 4.78 is 0. The molecule has 11 heavy (non-hydrogen) atoms. The van der Waals surface area contributed by atoms with Gasteiger partial charge >= 0.3 is 0 Å². The van der Waals surface area contributed by atoms with Gasteiger partial charge in [-0.3, -0.25) is 0 Å². The fraction of sp³-hybridized carbons (Fsp3) is 1.00. The van der Waals surface area contributed by atoms with E-state index in [2.05, 4.69) is 34.6 Å². The second-order valence-corrected chi connectivity index (χ2v) is 5.02. The van der Waals surface area contributed by atoms with E-state index in [9.17, 15) is 0 Å². The van der Waals surface area contributed by atoms with Crippen LogP contribution in [0.4, 0.5) is 0 Å². The number of hydrogen-bond donors (Lipinski definition) is 0. The van der Waals surface area contributed by atoms with Crippen molar-refractivity contribution < 1.29 is 0 Å². The topological polar surface area (TPSA) is 0 Å². The molecule has 0 aromatic rings. The summed E-state index contributed by atoms with van der Waals surface area (Å²) in [5.41, 5.74) is 0.255. The first-order valence-corrected chi connectivity index (χ1v) is 4.94. The molecule has 0 N–H and O–H groups in total. The molecule has 0 aromatic carbocycles. The lowest BCUT2D eigenvalue weighted by molar-refractivity contribution is 0.235.